The number of fused-ring (bicyclic) bond motifs is 3. The number of aliphatic carboxylic acids is 1. The largest absolute Gasteiger partial charge is 0.480 e. The lowest BCUT2D eigenvalue weighted by molar-refractivity contribution is -0.143. The Balaban J connectivity index is 1.66. The van der Waals surface area contributed by atoms with Gasteiger partial charge in [0, 0.05) is 19.4 Å². The predicted octanol–water partition coefficient (Wildman–Crippen LogP) is 2.76. The first-order chi connectivity index (χ1) is 15.8. The number of halogens is 2. The minimum atomic E-state index is -2.92. The van der Waals surface area contributed by atoms with Crippen LogP contribution in [-0.4, -0.2) is 61.9 Å². The Hall–Kier alpha value is -3.53. The second-order valence-electron chi connectivity index (χ2n) is 7.50. The van der Waals surface area contributed by atoms with E-state index in [1.54, 1.807) is 0 Å². The number of nitrogens with one attached hydrogen (secondary N) is 2. The van der Waals surface area contributed by atoms with Gasteiger partial charge in [0.05, 0.1) is 6.61 Å². The Morgan fingerprint density at radius 3 is 2.06 bits per heavy atom. The number of carbonyl (C=O) groups excluding carboxylic acids is 2. The van der Waals surface area contributed by atoms with Crippen molar-refractivity contribution in [3.63, 3.8) is 0 Å². The zero-order valence-electron chi connectivity index (χ0n) is 17.8. The number of carbonyl (C=O) groups is 3. The third kappa shape index (κ3) is 5.83. The molecule has 2 aromatic carbocycles. The summed E-state index contributed by atoms with van der Waals surface area (Å²) in [6.45, 7) is -0.433. The van der Waals surface area contributed by atoms with Crippen LogP contribution in [0.4, 0.5) is 13.6 Å². The highest BCUT2D eigenvalue weighted by Crippen LogP contribution is 2.44. The fourth-order valence-corrected chi connectivity index (χ4v) is 3.81. The molecule has 1 aliphatic rings. The average molecular weight is 462 g/mol. The molecule has 10 heteroatoms. The summed E-state index contributed by atoms with van der Waals surface area (Å²) in [5, 5.41) is 13.3. The Morgan fingerprint density at radius 2 is 1.55 bits per heavy atom. The Labute approximate surface area is 188 Å². The summed E-state index contributed by atoms with van der Waals surface area (Å²) in [6.07, 6.45) is -4.98. The van der Waals surface area contributed by atoms with Crippen LogP contribution in [0.2, 0.25) is 0 Å². The van der Waals surface area contributed by atoms with Gasteiger partial charge in [-0.3, -0.25) is 4.79 Å². The number of methoxy groups -OCH3 is 1. The second-order valence-corrected chi connectivity index (χ2v) is 7.50. The number of carboxylic acids is 1. The van der Waals surface area contributed by atoms with E-state index in [-0.39, 0.29) is 19.1 Å². The maximum atomic E-state index is 13.0. The molecule has 0 bridgehead atoms. The summed E-state index contributed by atoms with van der Waals surface area (Å²) in [4.78, 5) is 35.9. The molecule has 0 saturated carbocycles. The second kappa shape index (κ2) is 10.9. The zero-order valence-corrected chi connectivity index (χ0v) is 17.8. The molecular formula is C23H24F2N2O6. The highest BCUT2D eigenvalue weighted by Gasteiger charge is 2.31. The first-order valence-electron chi connectivity index (χ1n) is 10.2. The van der Waals surface area contributed by atoms with Crippen molar-refractivity contribution >= 4 is 18.0 Å². The molecule has 1 aliphatic carbocycles. The van der Waals surface area contributed by atoms with Crippen LogP contribution in [0.15, 0.2) is 48.5 Å². The monoisotopic (exact) mass is 462 g/mol. The third-order valence-corrected chi connectivity index (χ3v) is 5.31. The lowest BCUT2D eigenvalue weighted by atomic mass is 9.98. The van der Waals surface area contributed by atoms with Crippen LogP contribution in [0.25, 0.3) is 11.1 Å². The maximum Gasteiger partial charge on any atom is 0.407 e. The number of ether oxygens (including phenoxy) is 2. The van der Waals surface area contributed by atoms with E-state index in [9.17, 15) is 23.2 Å². The summed E-state index contributed by atoms with van der Waals surface area (Å²) in [6, 6.07) is 12.2. The SMILES string of the molecule is COC[C@H](NC(=O)C(CC(F)F)NC(=O)OCC1c2ccccc2-c2ccccc21)C(=O)O. The van der Waals surface area contributed by atoms with Gasteiger partial charge >= 0.3 is 12.1 Å². The molecule has 0 aromatic heterocycles. The fourth-order valence-electron chi connectivity index (χ4n) is 3.81. The van der Waals surface area contributed by atoms with Crippen LogP contribution in [0.3, 0.4) is 0 Å². The molecule has 0 spiro atoms. The molecule has 1 unspecified atom stereocenters. The van der Waals surface area contributed by atoms with Crippen molar-refractivity contribution in [1.82, 2.24) is 10.6 Å². The van der Waals surface area contributed by atoms with Crippen molar-refractivity contribution in [3.8, 4) is 11.1 Å². The van der Waals surface area contributed by atoms with E-state index in [0.29, 0.717) is 0 Å². The van der Waals surface area contributed by atoms with Crippen molar-refractivity contribution < 1.29 is 37.7 Å². The van der Waals surface area contributed by atoms with Crippen LogP contribution in [0.5, 0.6) is 0 Å². The van der Waals surface area contributed by atoms with E-state index >= 15 is 0 Å². The molecule has 2 amide bonds. The molecule has 0 heterocycles. The normalized spacial score (nSPS) is 14.2. The fraction of sp³-hybridized carbons (Fsp3) is 0.348. The first-order valence-corrected chi connectivity index (χ1v) is 10.2. The van der Waals surface area contributed by atoms with E-state index in [1.165, 1.54) is 7.11 Å². The van der Waals surface area contributed by atoms with E-state index in [0.717, 1.165) is 22.3 Å². The number of benzene rings is 2. The lowest BCUT2D eigenvalue weighted by Crippen LogP contribution is -2.53. The molecule has 176 valence electrons. The maximum absolute atomic E-state index is 13.0. The zero-order chi connectivity index (χ0) is 24.0. The molecule has 0 aliphatic heterocycles. The van der Waals surface area contributed by atoms with Crippen molar-refractivity contribution in [2.75, 3.05) is 20.3 Å². The minimum absolute atomic E-state index is 0.0652. The van der Waals surface area contributed by atoms with Gasteiger partial charge in [-0.15, -0.1) is 0 Å². The van der Waals surface area contributed by atoms with E-state index in [1.807, 2.05) is 48.5 Å². The molecular weight excluding hydrogens is 438 g/mol. The molecule has 2 aromatic rings. The third-order valence-electron chi connectivity index (χ3n) is 5.31. The summed E-state index contributed by atoms with van der Waals surface area (Å²) in [7, 11) is 1.23. The lowest BCUT2D eigenvalue weighted by Gasteiger charge is -2.21. The molecule has 33 heavy (non-hydrogen) atoms. The van der Waals surface area contributed by atoms with E-state index < -0.39 is 42.9 Å². The number of rotatable bonds is 10. The van der Waals surface area contributed by atoms with Crippen molar-refractivity contribution in [1.29, 1.82) is 0 Å². The number of hydrogen-bond acceptors (Lipinski definition) is 5. The predicted molar refractivity (Wildman–Crippen MR) is 114 cm³/mol. The topological polar surface area (TPSA) is 114 Å². The van der Waals surface area contributed by atoms with Gasteiger partial charge in [0.2, 0.25) is 12.3 Å². The standard InChI is InChI=1S/C23H24F2N2O6/c1-32-12-19(22(29)30)26-21(28)18(10-20(24)25)27-23(31)33-11-17-15-8-4-2-6-13(15)14-7-3-5-9-16(14)17/h2-9,17-20H,10-12H2,1H3,(H,26,28)(H,27,31)(H,29,30)/t18?,19-/m0/s1. The van der Waals surface area contributed by atoms with E-state index in [4.69, 9.17) is 14.6 Å². The van der Waals surface area contributed by atoms with Crippen molar-refractivity contribution in [2.45, 2.75) is 30.8 Å². The number of amides is 2. The van der Waals surface area contributed by atoms with Gasteiger partial charge in [0.25, 0.3) is 0 Å². The quantitative estimate of drug-likeness (QED) is 0.500. The average Bonchev–Trinajstić information content (AvgIpc) is 3.10. The van der Waals surface area contributed by atoms with Gasteiger partial charge in [0.15, 0.2) is 6.04 Å². The number of alkyl halides is 2. The van der Waals surface area contributed by atoms with Crippen LogP contribution in [0.1, 0.15) is 23.5 Å². The Morgan fingerprint density at radius 1 is 0.970 bits per heavy atom. The first kappa shape index (κ1) is 24.1. The molecule has 8 nitrogen and oxygen atoms in total. The Kier molecular flexibility index (Phi) is 7.94. The van der Waals surface area contributed by atoms with Gasteiger partial charge in [0.1, 0.15) is 12.6 Å². The molecule has 0 fully saturated rings. The van der Waals surface area contributed by atoms with Gasteiger partial charge < -0.3 is 25.2 Å². The summed E-state index contributed by atoms with van der Waals surface area (Å²) >= 11 is 0. The summed E-state index contributed by atoms with van der Waals surface area (Å²) in [5.41, 5.74) is 3.99. The van der Waals surface area contributed by atoms with Crippen LogP contribution < -0.4 is 10.6 Å². The summed E-state index contributed by atoms with van der Waals surface area (Å²) in [5.74, 6) is -2.72. The van der Waals surface area contributed by atoms with Crippen LogP contribution >= 0.6 is 0 Å². The van der Waals surface area contributed by atoms with Crippen molar-refractivity contribution in [2.24, 2.45) is 0 Å². The molecule has 2 atom stereocenters. The molecule has 0 saturated heterocycles. The smallest absolute Gasteiger partial charge is 0.407 e. The number of alkyl carbamates (subject to hydrolysis) is 1. The van der Waals surface area contributed by atoms with Gasteiger partial charge in [-0.25, -0.2) is 18.4 Å². The van der Waals surface area contributed by atoms with Gasteiger partial charge in [-0.2, -0.15) is 0 Å². The Bertz CT molecular complexity index is 970. The van der Waals surface area contributed by atoms with Gasteiger partial charge in [-0.05, 0) is 22.3 Å². The van der Waals surface area contributed by atoms with Crippen LogP contribution in [0, 0.1) is 0 Å². The molecule has 0 radical (unpaired) electrons. The van der Waals surface area contributed by atoms with Gasteiger partial charge in [-0.1, -0.05) is 48.5 Å². The van der Waals surface area contributed by atoms with Crippen LogP contribution in [-0.2, 0) is 19.1 Å². The number of carboxylic acid groups (broad SMARTS) is 1. The summed E-state index contributed by atoms with van der Waals surface area (Å²) < 4.78 is 36.0. The van der Waals surface area contributed by atoms with E-state index in [2.05, 4.69) is 10.6 Å². The molecule has 3 N–H and O–H groups in total. The minimum Gasteiger partial charge on any atom is -0.480 e. The highest BCUT2D eigenvalue weighted by molar-refractivity contribution is 5.89. The number of hydrogen-bond donors (Lipinski definition) is 3. The molecule has 3 rings (SSSR count). The van der Waals surface area contributed by atoms with Crippen molar-refractivity contribution in [3.05, 3.63) is 59.7 Å². The highest BCUT2D eigenvalue weighted by atomic mass is 19.3.